The van der Waals surface area contributed by atoms with E-state index >= 15 is 0 Å². The van der Waals surface area contributed by atoms with Crippen LogP contribution in [0.3, 0.4) is 0 Å². The van der Waals surface area contributed by atoms with Gasteiger partial charge in [0.2, 0.25) is 10.0 Å². The molecule has 0 fully saturated rings. The summed E-state index contributed by atoms with van der Waals surface area (Å²) in [5.74, 6) is -0.819. The molecule has 0 saturated carbocycles. The molecule has 1 aromatic rings. The van der Waals surface area contributed by atoms with E-state index in [0.717, 1.165) is 12.5 Å². The zero-order valence-electron chi connectivity index (χ0n) is 11.2. The quantitative estimate of drug-likeness (QED) is 0.834. The highest BCUT2D eigenvalue weighted by Gasteiger charge is 2.28. The number of hydrogen-bond donors (Lipinski definition) is 0. The van der Waals surface area contributed by atoms with Crippen LogP contribution < -0.4 is 0 Å². The topological polar surface area (TPSA) is 61.2 Å². The van der Waals surface area contributed by atoms with Crippen LogP contribution in [0.25, 0.3) is 0 Å². The molecule has 1 atom stereocenters. The van der Waals surface area contributed by atoms with Gasteiger partial charge in [-0.1, -0.05) is 19.4 Å². The number of rotatable bonds is 5. The third-order valence-corrected chi connectivity index (χ3v) is 5.09. The van der Waals surface area contributed by atoms with Crippen molar-refractivity contribution in [2.45, 2.75) is 37.6 Å². The summed E-state index contributed by atoms with van der Waals surface area (Å²) in [6, 6.07) is 5.04. The van der Waals surface area contributed by atoms with Gasteiger partial charge in [-0.2, -0.15) is 9.57 Å². The van der Waals surface area contributed by atoms with Gasteiger partial charge in [-0.25, -0.2) is 12.8 Å². The monoisotopic (exact) mass is 284 g/mol. The van der Waals surface area contributed by atoms with Crippen LogP contribution >= 0.6 is 0 Å². The molecule has 1 aromatic carbocycles. The maximum absolute atomic E-state index is 13.5. The van der Waals surface area contributed by atoms with Crippen molar-refractivity contribution in [3.05, 3.63) is 29.6 Å². The molecule has 0 spiro atoms. The first-order valence-electron chi connectivity index (χ1n) is 6.02. The number of benzene rings is 1. The van der Waals surface area contributed by atoms with Crippen molar-refractivity contribution in [2.24, 2.45) is 0 Å². The zero-order valence-corrected chi connectivity index (χ0v) is 12.0. The molecule has 0 heterocycles. The minimum atomic E-state index is -3.85. The summed E-state index contributed by atoms with van der Waals surface area (Å²) in [6.45, 7) is 3.74. The van der Waals surface area contributed by atoms with Gasteiger partial charge in [0.05, 0.1) is 0 Å². The molecule has 0 aliphatic carbocycles. The Morgan fingerprint density at radius 3 is 2.63 bits per heavy atom. The SMILES string of the molecule is CCCC(C)N(C)S(=O)(=O)c1cccc(F)c1C#N. The highest BCUT2D eigenvalue weighted by atomic mass is 32.2. The lowest BCUT2D eigenvalue weighted by Gasteiger charge is -2.24. The van der Waals surface area contributed by atoms with Crippen molar-refractivity contribution in [2.75, 3.05) is 7.05 Å². The highest BCUT2D eigenvalue weighted by Crippen LogP contribution is 2.23. The first-order valence-corrected chi connectivity index (χ1v) is 7.46. The lowest BCUT2D eigenvalue weighted by molar-refractivity contribution is 0.368. The van der Waals surface area contributed by atoms with E-state index in [1.165, 1.54) is 23.5 Å². The van der Waals surface area contributed by atoms with Crippen molar-refractivity contribution in [3.8, 4) is 6.07 Å². The van der Waals surface area contributed by atoms with Crippen molar-refractivity contribution in [1.29, 1.82) is 5.26 Å². The molecule has 0 aliphatic heterocycles. The lowest BCUT2D eigenvalue weighted by atomic mass is 10.2. The lowest BCUT2D eigenvalue weighted by Crippen LogP contribution is -2.35. The molecule has 0 amide bonds. The summed E-state index contributed by atoms with van der Waals surface area (Å²) in [5, 5.41) is 8.91. The van der Waals surface area contributed by atoms with Gasteiger partial charge in [0, 0.05) is 13.1 Å². The molecule has 6 heteroatoms. The molecule has 0 aromatic heterocycles. The largest absolute Gasteiger partial charge is 0.244 e. The van der Waals surface area contributed by atoms with Gasteiger partial charge in [-0.05, 0) is 25.5 Å². The fourth-order valence-corrected chi connectivity index (χ4v) is 3.36. The Kier molecular flexibility index (Phi) is 5.04. The van der Waals surface area contributed by atoms with Crippen molar-refractivity contribution in [1.82, 2.24) is 4.31 Å². The van der Waals surface area contributed by atoms with Gasteiger partial charge in [-0.15, -0.1) is 0 Å². The maximum Gasteiger partial charge on any atom is 0.244 e. The van der Waals surface area contributed by atoms with Crippen LogP contribution in [0.5, 0.6) is 0 Å². The summed E-state index contributed by atoms with van der Waals surface area (Å²) in [6.07, 6.45) is 1.54. The van der Waals surface area contributed by atoms with E-state index in [1.54, 1.807) is 13.0 Å². The normalized spacial score (nSPS) is 13.3. The molecule has 0 bridgehead atoms. The first kappa shape index (κ1) is 15.6. The minimum absolute atomic E-state index is 0.204. The molecule has 0 radical (unpaired) electrons. The van der Waals surface area contributed by atoms with Crippen LogP contribution in [0.1, 0.15) is 32.3 Å². The van der Waals surface area contributed by atoms with Gasteiger partial charge in [0.25, 0.3) is 0 Å². The molecule has 0 saturated heterocycles. The van der Waals surface area contributed by atoms with E-state index < -0.39 is 21.4 Å². The molecule has 0 N–H and O–H groups in total. The Bertz CT molecular complexity index is 593. The molecule has 1 rings (SSSR count). The van der Waals surface area contributed by atoms with E-state index in [-0.39, 0.29) is 10.9 Å². The number of halogens is 1. The van der Waals surface area contributed by atoms with Crippen LogP contribution in [-0.4, -0.2) is 25.8 Å². The average molecular weight is 284 g/mol. The van der Waals surface area contributed by atoms with E-state index in [0.29, 0.717) is 6.42 Å². The fourth-order valence-electron chi connectivity index (χ4n) is 1.82. The second-order valence-corrected chi connectivity index (χ2v) is 6.35. The summed E-state index contributed by atoms with van der Waals surface area (Å²) >= 11 is 0. The predicted octanol–water partition coefficient (Wildman–Crippen LogP) is 2.51. The summed E-state index contributed by atoms with van der Waals surface area (Å²) < 4.78 is 39.5. The standard InChI is InChI=1S/C13H17FN2O2S/c1-4-6-10(2)16(3)19(17,18)13-8-5-7-12(14)11(13)9-15/h5,7-8,10H,4,6H2,1-3H3. The van der Waals surface area contributed by atoms with Crippen molar-refractivity contribution in [3.63, 3.8) is 0 Å². The second kappa shape index (κ2) is 6.13. The van der Waals surface area contributed by atoms with Crippen molar-refractivity contribution < 1.29 is 12.8 Å². The van der Waals surface area contributed by atoms with Crippen LogP contribution in [0.4, 0.5) is 4.39 Å². The molecule has 1 unspecified atom stereocenters. The Labute approximate surface area is 113 Å². The Morgan fingerprint density at radius 1 is 1.47 bits per heavy atom. The Balaban J connectivity index is 3.29. The van der Waals surface area contributed by atoms with E-state index in [4.69, 9.17) is 5.26 Å². The van der Waals surface area contributed by atoms with Gasteiger partial charge in [-0.3, -0.25) is 0 Å². The number of hydrogen-bond acceptors (Lipinski definition) is 3. The van der Waals surface area contributed by atoms with Crippen LogP contribution in [-0.2, 0) is 10.0 Å². The number of nitrogens with zero attached hydrogens (tertiary/aromatic N) is 2. The molecule has 104 valence electrons. The fraction of sp³-hybridized carbons (Fsp3) is 0.462. The highest BCUT2D eigenvalue weighted by molar-refractivity contribution is 7.89. The minimum Gasteiger partial charge on any atom is -0.207 e. The predicted molar refractivity (Wildman–Crippen MR) is 70.4 cm³/mol. The van der Waals surface area contributed by atoms with Crippen LogP contribution in [0, 0.1) is 17.1 Å². The van der Waals surface area contributed by atoms with E-state index in [2.05, 4.69) is 0 Å². The third-order valence-electron chi connectivity index (χ3n) is 3.07. The molecular weight excluding hydrogens is 267 g/mol. The van der Waals surface area contributed by atoms with Gasteiger partial charge < -0.3 is 0 Å². The second-order valence-electron chi connectivity index (χ2n) is 4.38. The average Bonchev–Trinajstić information content (AvgIpc) is 2.37. The van der Waals surface area contributed by atoms with Crippen LogP contribution in [0.2, 0.25) is 0 Å². The van der Waals surface area contributed by atoms with E-state index in [1.807, 2.05) is 6.92 Å². The maximum atomic E-state index is 13.5. The Hall–Kier alpha value is -1.45. The molecule has 19 heavy (non-hydrogen) atoms. The number of nitriles is 1. The summed E-state index contributed by atoms with van der Waals surface area (Å²) in [5.41, 5.74) is -0.432. The molecular formula is C13H17FN2O2S. The Morgan fingerprint density at radius 2 is 2.11 bits per heavy atom. The van der Waals surface area contributed by atoms with E-state index in [9.17, 15) is 12.8 Å². The first-order chi connectivity index (χ1) is 8.86. The van der Waals surface area contributed by atoms with Gasteiger partial charge >= 0.3 is 0 Å². The molecule has 4 nitrogen and oxygen atoms in total. The van der Waals surface area contributed by atoms with Gasteiger partial charge in [0.15, 0.2) is 0 Å². The smallest absolute Gasteiger partial charge is 0.207 e. The van der Waals surface area contributed by atoms with Crippen LogP contribution in [0.15, 0.2) is 23.1 Å². The number of sulfonamides is 1. The zero-order chi connectivity index (χ0) is 14.6. The summed E-state index contributed by atoms with van der Waals surface area (Å²) in [4.78, 5) is -0.277. The van der Waals surface area contributed by atoms with Gasteiger partial charge in [0.1, 0.15) is 22.3 Å². The molecule has 0 aliphatic rings. The summed E-state index contributed by atoms with van der Waals surface area (Å²) in [7, 11) is -2.41. The third kappa shape index (κ3) is 3.11. The van der Waals surface area contributed by atoms with Crippen molar-refractivity contribution >= 4 is 10.0 Å².